The van der Waals surface area contributed by atoms with Crippen molar-refractivity contribution in [3.8, 4) is 0 Å². The summed E-state index contributed by atoms with van der Waals surface area (Å²) in [6, 6.07) is 8.72. The van der Waals surface area contributed by atoms with Gasteiger partial charge in [-0.3, -0.25) is 4.72 Å². The fourth-order valence-electron chi connectivity index (χ4n) is 1.74. The first-order valence-corrected chi connectivity index (χ1v) is 7.92. The monoisotopic (exact) mass is 349 g/mol. The highest BCUT2D eigenvalue weighted by atomic mass is 35.5. The van der Waals surface area contributed by atoms with Crippen LogP contribution in [-0.2, 0) is 16.2 Å². The Balaban J connectivity index is 2.31. The maximum atomic E-state index is 12.6. The Labute approximate surface area is 130 Å². The van der Waals surface area contributed by atoms with Gasteiger partial charge in [0.1, 0.15) is 0 Å². The summed E-state index contributed by atoms with van der Waals surface area (Å²) in [5, 5.41) is -0.573. The van der Waals surface area contributed by atoms with Gasteiger partial charge in [0, 0.05) is 0 Å². The van der Waals surface area contributed by atoms with Gasteiger partial charge in [-0.05, 0) is 37.3 Å². The van der Waals surface area contributed by atoms with Gasteiger partial charge in [-0.2, -0.15) is 13.2 Å². The number of rotatable bonds is 3. The maximum absolute atomic E-state index is 12.6. The van der Waals surface area contributed by atoms with E-state index in [9.17, 15) is 21.6 Å². The van der Waals surface area contributed by atoms with E-state index >= 15 is 0 Å². The summed E-state index contributed by atoms with van der Waals surface area (Å²) in [6.45, 7) is 1.81. The van der Waals surface area contributed by atoms with Crippen LogP contribution in [0.1, 0.15) is 11.1 Å². The van der Waals surface area contributed by atoms with Crippen molar-refractivity contribution in [2.24, 2.45) is 0 Å². The van der Waals surface area contributed by atoms with Gasteiger partial charge >= 0.3 is 6.18 Å². The van der Waals surface area contributed by atoms with E-state index in [1.165, 1.54) is 12.1 Å². The summed E-state index contributed by atoms with van der Waals surface area (Å²) in [5.74, 6) is 0. The van der Waals surface area contributed by atoms with E-state index in [1.807, 2.05) is 0 Å². The minimum Gasteiger partial charge on any atom is -0.280 e. The minimum atomic E-state index is -4.59. The zero-order valence-corrected chi connectivity index (χ0v) is 12.9. The molecule has 3 nitrogen and oxygen atoms in total. The number of hydrogen-bond donors (Lipinski definition) is 1. The maximum Gasteiger partial charge on any atom is 0.417 e. The van der Waals surface area contributed by atoms with Crippen LogP contribution < -0.4 is 4.72 Å². The van der Waals surface area contributed by atoms with Crippen LogP contribution in [0.25, 0.3) is 0 Å². The molecule has 8 heteroatoms. The van der Waals surface area contributed by atoms with Crippen LogP contribution in [0.15, 0.2) is 47.4 Å². The topological polar surface area (TPSA) is 46.2 Å². The lowest BCUT2D eigenvalue weighted by Crippen LogP contribution is -2.13. The van der Waals surface area contributed by atoms with Crippen molar-refractivity contribution >= 4 is 27.3 Å². The molecule has 0 fully saturated rings. The zero-order chi connectivity index (χ0) is 16.5. The Kier molecular flexibility index (Phi) is 4.39. The van der Waals surface area contributed by atoms with Gasteiger partial charge in [0.05, 0.1) is 21.2 Å². The Bertz CT molecular complexity index is 787. The lowest BCUT2D eigenvalue weighted by Gasteiger charge is -2.12. The van der Waals surface area contributed by atoms with Gasteiger partial charge < -0.3 is 0 Å². The Morgan fingerprint density at radius 2 is 1.64 bits per heavy atom. The number of nitrogens with one attached hydrogen (secondary N) is 1. The lowest BCUT2D eigenvalue weighted by molar-refractivity contribution is -0.137. The number of hydrogen-bond acceptors (Lipinski definition) is 2. The molecule has 2 aromatic carbocycles. The molecule has 0 atom stereocenters. The molecular weight excluding hydrogens is 339 g/mol. The second kappa shape index (κ2) is 5.81. The van der Waals surface area contributed by atoms with E-state index in [0.717, 1.165) is 23.8 Å². The van der Waals surface area contributed by atoms with Crippen molar-refractivity contribution in [1.82, 2.24) is 0 Å². The van der Waals surface area contributed by atoms with E-state index in [4.69, 9.17) is 11.6 Å². The first kappa shape index (κ1) is 16.6. The molecule has 118 valence electrons. The molecule has 0 bridgehead atoms. The Hall–Kier alpha value is -1.73. The lowest BCUT2D eigenvalue weighted by atomic mass is 10.2. The molecule has 0 radical (unpaired) electrons. The van der Waals surface area contributed by atoms with E-state index in [-0.39, 0.29) is 10.6 Å². The first-order chi connectivity index (χ1) is 10.1. The van der Waals surface area contributed by atoms with Crippen LogP contribution in [0, 0.1) is 6.92 Å². The number of sulfonamides is 1. The van der Waals surface area contributed by atoms with Crippen molar-refractivity contribution in [1.29, 1.82) is 0 Å². The number of anilines is 1. The molecule has 0 saturated carbocycles. The Morgan fingerprint density at radius 3 is 2.14 bits per heavy atom. The van der Waals surface area contributed by atoms with E-state index in [1.54, 1.807) is 19.1 Å². The van der Waals surface area contributed by atoms with Crippen LogP contribution >= 0.6 is 11.6 Å². The normalized spacial score (nSPS) is 12.2. The number of alkyl halides is 3. The van der Waals surface area contributed by atoms with Gasteiger partial charge in [-0.1, -0.05) is 29.3 Å². The molecule has 0 aliphatic carbocycles. The second-order valence-electron chi connectivity index (χ2n) is 4.61. The van der Waals surface area contributed by atoms with Gasteiger partial charge in [-0.25, -0.2) is 8.42 Å². The van der Waals surface area contributed by atoms with Crippen LogP contribution in [0.3, 0.4) is 0 Å². The molecule has 0 saturated heterocycles. The average molecular weight is 350 g/mol. The van der Waals surface area contributed by atoms with Crippen molar-refractivity contribution in [3.63, 3.8) is 0 Å². The molecule has 0 aliphatic heterocycles. The van der Waals surface area contributed by atoms with Gasteiger partial charge in [0.25, 0.3) is 10.0 Å². The van der Waals surface area contributed by atoms with Gasteiger partial charge in [0.15, 0.2) is 0 Å². The number of benzene rings is 2. The van der Waals surface area contributed by atoms with E-state index in [2.05, 4.69) is 4.72 Å². The summed E-state index contributed by atoms with van der Waals surface area (Å²) in [6.07, 6.45) is -4.59. The molecule has 2 aromatic rings. The third-order valence-electron chi connectivity index (χ3n) is 2.86. The molecule has 0 unspecified atom stereocenters. The number of aryl methyl sites for hydroxylation is 1. The molecule has 0 aromatic heterocycles. The summed E-state index contributed by atoms with van der Waals surface area (Å²) in [5.41, 5.74) is -0.178. The van der Waals surface area contributed by atoms with Crippen LogP contribution in [0.5, 0.6) is 0 Å². The van der Waals surface area contributed by atoms with Crippen LogP contribution in [0.4, 0.5) is 18.9 Å². The largest absolute Gasteiger partial charge is 0.417 e. The first-order valence-electron chi connectivity index (χ1n) is 6.06. The average Bonchev–Trinajstić information content (AvgIpc) is 2.37. The quantitative estimate of drug-likeness (QED) is 0.888. The van der Waals surface area contributed by atoms with Crippen molar-refractivity contribution < 1.29 is 21.6 Å². The minimum absolute atomic E-state index is 0.00844. The van der Waals surface area contributed by atoms with E-state index in [0.29, 0.717) is 0 Å². The molecular formula is C14H11ClF3NO2S. The third-order valence-corrected chi connectivity index (χ3v) is 4.57. The van der Waals surface area contributed by atoms with E-state index < -0.39 is 26.8 Å². The number of halogens is 4. The van der Waals surface area contributed by atoms with Crippen molar-refractivity contribution in [2.75, 3.05) is 4.72 Å². The zero-order valence-electron chi connectivity index (χ0n) is 11.3. The highest BCUT2D eigenvalue weighted by Gasteiger charge is 2.33. The van der Waals surface area contributed by atoms with Crippen LogP contribution in [0.2, 0.25) is 5.02 Å². The smallest absolute Gasteiger partial charge is 0.280 e. The summed E-state index contributed by atoms with van der Waals surface area (Å²) in [7, 11) is -3.89. The molecule has 0 aliphatic rings. The summed E-state index contributed by atoms with van der Waals surface area (Å²) >= 11 is 5.55. The second-order valence-corrected chi connectivity index (χ2v) is 6.70. The third kappa shape index (κ3) is 3.72. The predicted octanol–water partition coefficient (Wildman–Crippen LogP) is 4.47. The molecule has 0 heterocycles. The molecule has 22 heavy (non-hydrogen) atoms. The molecule has 0 spiro atoms. The van der Waals surface area contributed by atoms with Crippen molar-refractivity contribution in [3.05, 3.63) is 58.6 Å². The fraction of sp³-hybridized carbons (Fsp3) is 0.143. The molecule has 2 rings (SSSR count). The highest BCUT2D eigenvalue weighted by molar-refractivity contribution is 7.92. The predicted molar refractivity (Wildman–Crippen MR) is 78.4 cm³/mol. The molecule has 1 N–H and O–H groups in total. The van der Waals surface area contributed by atoms with Crippen LogP contribution in [-0.4, -0.2) is 8.42 Å². The van der Waals surface area contributed by atoms with Crippen molar-refractivity contribution in [2.45, 2.75) is 18.0 Å². The Morgan fingerprint density at radius 1 is 1.05 bits per heavy atom. The SMILES string of the molecule is Cc1ccc(S(=O)(=O)Nc2ccc(C(F)(F)F)c(Cl)c2)cc1. The highest BCUT2D eigenvalue weighted by Crippen LogP contribution is 2.36. The van der Waals surface area contributed by atoms with Gasteiger partial charge in [0.2, 0.25) is 0 Å². The summed E-state index contributed by atoms with van der Waals surface area (Å²) < 4.78 is 64.2. The standard InChI is InChI=1S/C14H11ClF3NO2S/c1-9-2-5-11(6-3-9)22(20,21)19-10-4-7-12(13(15)8-10)14(16,17)18/h2-8,19H,1H3. The van der Waals surface area contributed by atoms with Gasteiger partial charge in [-0.15, -0.1) is 0 Å². The summed E-state index contributed by atoms with van der Waals surface area (Å²) in [4.78, 5) is 0.00844. The molecule has 0 amide bonds. The fourth-order valence-corrected chi connectivity index (χ4v) is 3.08.